The Morgan fingerprint density at radius 1 is 0.480 bits per heavy atom. The van der Waals surface area contributed by atoms with Crippen LogP contribution in [0.2, 0.25) is 0 Å². The van der Waals surface area contributed by atoms with Gasteiger partial charge in [0.25, 0.3) is 0 Å². The normalized spacial score (nSPS) is 11.1. The summed E-state index contributed by atoms with van der Waals surface area (Å²) in [6.45, 7) is 15.8. The topological polar surface area (TPSA) is 42.4 Å². The van der Waals surface area contributed by atoms with E-state index in [1.165, 1.54) is 0 Å². The van der Waals surface area contributed by atoms with Crippen molar-refractivity contribution in [3.8, 4) is 39.7 Å². The highest BCUT2D eigenvalue weighted by molar-refractivity contribution is 6.12. The van der Waals surface area contributed by atoms with Gasteiger partial charge in [-0.15, -0.1) is 0 Å². The fraction of sp³-hybridized carbons (Fsp3) is 0. The summed E-state index contributed by atoms with van der Waals surface area (Å²) in [6, 6.07) is 53.3. The third-order valence-electron chi connectivity index (χ3n) is 9.60. The summed E-state index contributed by atoms with van der Waals surface area (Å²) in [6.07, 6.45) is 0. The average molecular weight is 636 g/mol. The van der Waals surface area contributed by atoms with Gasteiger partial charge in [0, 0.05) is 32.7 Å². The van der Waals surface area contributed by atoms with Crippen LogP contribution in [0.25, 0.3) is 86.9 Å². The van der Waals surface area contributed by atoms with Crippen LogP contribution in [0, 0.1) is 24.5 Å². The van der Waals surface area contributed by atoms with E-state index < -0.39 is 0 Å². The Morgan fingerprint density at radius 2 is 1.12 bits per heavy atom. The van der Waals surface area contributed by atoms with E-state index in [0.29, 0.717) is 16.9 Å². The van der Waals surface area contributed by atoms with Gasteiger partial charge in [0.05, 0.1) is 47.0 Å². The number of benzene rings is 7. The molecule has 230 valence electrons. The van der Waals surface area contributed by atoms with Crippen molar-refractivity contribution in [2.75, 3.05) is 0 Å². The first-order valence-corrected chi connectivity index (χ1v) is 16.2. The molecule has 0 atom stereocenters. The van der Waals surface area contributed by atoms with Crippen molar-refractivity contribution >= 4 is 55.0 Å². The lowest BCUT2D eigenvalue weighted by Crippen LogP contribution is -1.99. The van der Waals surface area contributed by atoms with Crippen LogP contribution >= 0.6 is 0 Å². The third kappa shape index (κ3) is 4.31. The van der Waals surface area contributed by atoms with Gasteiger partial charge < -0.3 is 9.13 Å². The van der Waals surface area contributed by atoms with Gasteiger partial charge in [0.2, 0.25) is 5.69 Å². The van der Waals surface area contributed by atoms with E-state index >= 15 is 0 Å². The molecule has 7 aromatic carbocycles. The first kappa shape index (κ1) is 28.8. The van der Waals surface area contributed by atoms with Crippen LogP contribution in [0.3, 0.4) is 0 Å². The number of nitriles is 1. The lowest BCUT2D eigenvalue weighted by molar-refractivity contribution is 1.18. The quantitative estimate of drug-likeness (QED) is 0.177. The van der Waals surface area contributed by atoms with E-state index in [2.05, 4.69) is 128 Å². The molecule has 0 saturated heterocycles. The van der Waals surface area contributed by atoms with Gasteiger partial charge in [-0.05, 0) is 70.8 Å². The molecule has 0 radical (unpaired) electrons. The smallest absolute Gasteiger partial charge is 0.211 e. The van der Waals surface area contributed by atoms with Crippen molar-refractivity contribution in [2.24, 2.45) is 0 Å². The summed E-state index contributed by atoms with van der Waals surface area (Å²) >= 11 is 0. The predicted octanol–water partition coefficient (Wildman–Crippen LogP) is 12.2. The standard InChI is InChI=1S/C45H25N5/c1-47-31-21-24-37-39-26-29(28-46)18-25-43(39)49(44(37)27-31)32-22-19-30(20-23-32)33-10-3-4-11-34(33)38-14-9-15-40(48-2)45(38)50-41-16-7-5-12-35(41)36-13-6-8-17-42(36)50/h3-27H. The molecule has 0 saturated carbocycles. The number of rotatable bonds is 4. The molecule has 5 heteroatoms. The van der Waals surface area contributed by atoms with Crippen LogP contribution in [0.1, 0.15) is 5.56 Å². The molecule has 0 bridgehead atoms. The zero-order chi connectivity index (χ0) is 33.8. The maximum atomic E-state index is 9.60. The molecule has 0 unspecified atom stereocenters. The van der Waals surface area contributed by atoms with Crippen LogP contribution in [0.4, 0.5) is 11.4 Å². The highest BCUT2D eigenvalue weighted by Crippen LogP contribution is 2.44. The van der Waals surface area contributed by atoms with E-state index in [1.807, 2.05) is 48.5 Å². The Kier molecular flexibility index (Phi) is 6.56. The molecule has 0 aliphatic carbocycles. The monoisotopic (exact) mass is 635 g/mol. The first-order chi connectivity index (χ1) is 24.7. The second-order valence-electron chi connectivity index (χ2n) is 12.2. The molecule has 9 aromatic rings. The number of hydrogen-bond donors (Lipinski definition) is 0. The highest BCUT2D eigenvalue weighted by atomic mass is 15.0. The summed E-state index contributed by atoms with van der Waals surface area (Å²) in [5.74, 6) is 0. The molecule has 2 heterocycles. The summed E-state index contributed by atoms with van der Waals surface area (Å²) in [5.41, 5.74) is 11.7. The number of fused-ring (bicyclic) bond motifs is 6. The molecule has 0 aliphatic rings. The maximum absolute atomic E-state index is 9.60. The highest BCUT2D eigenvalue weighted by Gasteiger charge is 2.20. The van der Waals surface area contributed by atoms with Gasteiger partial charge in [-0.3, -0.25) is 0 Å². The van der Waals surface area contributed by atoms with Crippen molar-refractivity contribution in [3.05, 3.63) is 180 Å². The second kappa shape index (κ2) is 11.4. The van der Waals surface area contributed by atoms with Gasteiger partial charge in [-0.1, -0.05) is 103 Å². The average Bonchev–Trinajstić information content (AvgIpc) is 3.69. The molecule has 9 rings (SSSR count). The lowest BCUT2D eigenvalue weighted by atomic mass is 9.93. The molecular formula is C45H25N5. The lowest BCUT2D eigenvalue weighted by Gasteiger charge is -2.18. The molecule has 0 fully saturated rings. The molecular weight excluding hydrogens is 611 g/mol. The van der Waals surface area contributed by atoms with Crippen molar-refractivity contribution in [3.63, 3.8) is 0 Å². The van der Waals surface area contributed by atoms with Crippen molar-refractivity contribution in [2.45, 2.75) is 0 Å². The summed E-state index contributed by atoms with van der Waals surface area (Å²) in [7, 11) is 0. The van der Waals surface area contributed by atoms with E-state index in [0.717, 1.165) is 77.2 Å². The second-order valence-corrected chi connectivity index (χ2v) is 12.2. The third-order valence-corrected chi connectivity index (χ3v) is 9.60. The largest absolute Gasteiger partial charge is 0.318 e. The number of nitrogens with zero attached hydrogens (tertiary/aromatic N) is 5. The van der Waals surface area contributed by atoms with Crippen molar-refractivity contribution in [1.29, 1.82) is 5.26 Å². The molecule has 5 nitrogen and oxygen atoms in total. The van der Waals surface area contributed by atoms with E-state index in [9.17, 15) is 5.26 Å². The summed E-state index contributed by atoms with van der Waals surface area (Å²) in [4.78, 5) is 7.72. The predicted molar refractivity (Wildman–Crippen MR) is 203 cm³/mol. The Labute approximate surface area is 288 Å². The van der Waals surface area contributed by atoms with E-state index in [-0.39, 0.29) is 0 Å². The van der Waals surface area contributed by atoms with E-state index in [4.69, 9.17) is 13.1 Å². The Balaban J connectivity index is 1.23. The van der Waals surface area contributed by atoms with Gasteiger partial charge in [0.1, 0.15) is 0 Å². The fourth-order valence-electron chi connectivity index (χ4n) is 7.42. The zero-order valence-electron chi connectivity index (χ0n) is 26.7. The Hall–Kier alpha value is -7.39. The van der Waals surface area contributed by atoms with Crippen molar-refractivity contribution < 1.29 is 0 Å². The molecule has 0 amide bonds. The van der Waals surface area contributed by atoms with Crippen LogP contribution < -0.4 is 0 Å². The SMILES string of the molecule is [C-]#[N+]c1ccc2c3cc(C#N)ccc3n(-c3ccc(-c4ccccc4-c4cccc([N+]#[C-])c4-n4c5ccccc5c5ccccc54)cc3)c2c1. The number of aromatic nitrogens is 2. The molecule has 0 N–H and O–H groups in total. The van der Waals surface area contributed by atoms with Crippen LogP contribution in [0.5, 0.6) is 0 Å². The minimum atomic E-state index is 0.563. The maximum Gasteiger partial charge on any atom is 0.211 e. The molecule has 2 aromatic heterocycles. The minimum Gasteiger partial charge on any atom is -0.318 e. The van der Waals surface area contributed by atoms with Crippen LogP contribution in [-0.4, -0.2) is 9.13 Å². The van der Waals surface area contributed by atoms with Crippen LogP contribution in [0.15, 0.2) is 152 Å². The van der Waals surface area contributed by atoms with Crippen molar-refractivity contribution in [1.82, 2.24) is 9.13 Å². The minimum absolute atomic E-state index is 0.563. The van der Waals surface area contributed by atoms with Gasteiger partial charge >= 0.3 is 0 Å². The molecule has 50 heavy (non-hydrogen) atoms. The molecule has 0 spiro atoms. The van der Waals surface area contributed by atoms with Gasteiger partial charge in [-0.2, -0.15) is 5.26 Å². The zero-order valence-corrected chi connectivity index (χ0v) is 26.7. The molecule has 0 aliphatic heterocycles. The fourth-order valence-corrected chi connectivity index (χ4v) is 7.42. The van der Waals surface area contributed by atoms with E-state index in [1.54, 1.807) is 0 Å². The Bertz CT molecular complexity index is 2900. The number of para-hydroxylation sites is 3. The summed E-state index contributed by atoms with van der Waals surface area (Å²) in [5, 5.41) is 13.9. The van der Waals surface area contributed by atoms with Gasteiger partial charge in [-0.25, -0.2) is 9.69 Å². The Morgan fingerprint density at radius 3 is 1.82 bits per heavy atom. The van der Waals surface area contributed by atoms with Crippen LogP contribution in [-0.2, 0) is 0 Å². The summed E-state index contributed by atoms with van der Waals surface area (Å²) < 4.78 is 4.40. The number of hydrogen-bond acceptors (Lipinski definition) is 1. The first-order valence-electron chi connectivity index (χ1n) is 16.2. The van der Waals surface area contributed by atoms with Gasteiger partial charge in [0.15, 0.2) is 5.69 Å².